The van der Waals surface area contributed by atoms with Gasteiger partial charge in [0.05, 0.1) is 16.7 Å². The fraction of sp³-hybridized carbons (Fsp3) is 0.250. The van der Waals surface area contributed by atoms with E-state index in [-0.39, 0.29) is 16.1 Å². The monoisotopic (exact) mass is 422 g/mol. The number of oxazole rings is 1. The van der Waals surface area contributed by atoms with E-state index in [2.05, 4.69) is 9.71 Å². The number of benzene rings is 2. The molecule has 1 aliphatic carbocycles. The standard InChI is InChI=1S/C20H17F3N2O3S/c1-12-2-7-15(10-17(12)20(21,22)23)25-29(26,27)16-8-5-13(6-9-16)18-11-24-19(28-18)14-3-4-14/h2,5-11,14,25H,3-4H2,1H3. The first-order valence-electron chi connectivity index (χ1n) is 8.90. The van der Waals surface area contributed by atoms with E-state index >= 15 is 0 Å². The Bertz CT molecular complexity index is 1150. The van der Waals surface area contributed by atoms with Crippen LogP contribution in [0.25, 0.3) is 11.3 Å². The molecule has 9 heteroatoms. The van der Waals surface area contributed by atoms with Gasteiger partial charge in [-0.15, -0.1) is 0 Å². The Hall–Kier alpha value is -2.81. The second kappa shape index (κ2) is 6.91. The van der Waals surface area contributed by atoms with Crippen LogP contribution in [0.2, 0.25) is 0 Å². The summed E-state index contributed by atoms with van der Waals surface area (Å²) < 4.78 is 72.2. The smallest absolute Gasteiger partial charge is 0.416 e. The summed E-state index contributed by atoms with van der Waals surface area (Å²) in [4.78, 5) is 4.16. The summed E-state index contributed by atoms with van der Waals surface area (Å²) in [6.07, 6.45) is -0.861. The summed E-state index contributed by atoms with van der Waals surface area (Å²) in [5, 5.41) is 0. The summed E-state index contributed by atoms with van der Waals surface area (Å²) in [6, 6.07) is 9.19. The maximum atomic E-state index is 13.1. The average molecular weight is 422 g/mol. The molecule has 152 valence electrons. The number of sulfonamides is 1. The fourth-order valence-electron chi connectivity index (χ4n) is 2.94. The number of nitrogens with zero attached hydrogens (tertiary/aromatic N) is 1. The van der Waals surface area contributed by atoms with Gasteiger partial charge in [-0.25, -0.2) is 13.4 Å². The zero-order valence-electron chi connectivity index (χ0n) is 15.3. The predicted octanol–water partition coefficient (Wildman–Crippen LogP) is 5.35. The SMILES string of the molecule is Cc1ccc(NS(=O)(=O)c2ccc(-c3cnc(C4CC4)o3)cc2)cc1C(F)(F)F. The van der Waals surface area contributed by atoms with Gasteiger partial charge in [0.15, 0.2) is 11.7 Å². The van der Waals surface area contributed by atoms with Gasteiger partial charge in [0.1, 0.15) is 0 Å². The van der Waals surface area contributed by atoms with Crippen LogP contribution >= 0.6 is 0 Å². The van der Waals surface area contributed by atoms with Crippen LogP contribution in [0.15, 0.2) is 58.0 Å². The van der Waals surface area contributed by atoms with Crippen molar-refractivity contribution in [3.63, 3.8) is 0 Å². The Morgan fingerprint density at radius 3 is 2.41 bits per heavy atom. The van der Waals surface area contributed by atoms with Crippen LogP contribution < -0.4 is 4.72 Å². The molecule has 0 amide bonds. The number of halogens is 3. The first-order valence-corrected chi connectivity index (χ1v) is 10.4. The molecule has 0 saturated heterocycles. The van der Waals surface area contributed by atoms with Crippen molar-refractivity contribution in [2.75, 3.05) is 4.72 Å². The lowest BCUT2D eigenvalue weighted by Gasteiger charge is -2.13. The molecular weight excluding hydrogens is 405 g/mol. The summed E-state index contributed by atoms with van der Waals surface area (Å²) in [6.45, 7) is 1.32. The third-order valence-electron chi connectivity index (χ3n) is 4.69. The van der Waals surface area contributed by atoms with Crippen molar-refractivity contribution in [1.29, 1.82) is 0 Å². The van der Waals surface area contributed by atoms with Crippen LogP contribution in [0.3, 0.4) is 0 Å². The van der Waals surface area contributed by atoms with Crippen LogP contribution in [0, 0.1) is 6.92 Å². The van der Waals surface area contributed by atoms with E-state index in [0.717, 1.165) is 18.9 Å². The van der Waals surface area contributed by atoms with E-state index in [1.807, 2.05) is 0 Å². The molecule has 2 aromatic carbocycles. The third-order valence-corrected chi connectivity index (χ3v) is 6.09. The number of hydrogen-bond donors (Lipinski definition) is 1. The topological polar surface area (TPSA) is 72.2 Å². The molecule has 0 atom stereocenters. The molecule has 1 fully saturated rings. The van der Waals surface area contributed by atoms with Crippen LogP contribution in [0.4, 0.5) is 18.9 Å². The molecule has 1 saturated carbocycles. The van der Waals surface area contributed by atoms with Crippen molar-refractivity contribution >= 4 is 15.7 Å². The normalized spacial score (nSPS) is 14.8. The molecule has 0 aliphatic heterocycles. The number of anilines is 1. The quantitative estimate of drug-likeness (QED) is 0.602. The Morgan fingerprint density at radius 1 is 1.10 bits per heavy atom. The van der Waals surface area contributed by atoms with Gasteiger partial charge in [-0.05, 0) is 61.7 Å². The van der Waals surface area contributed by atoms with Crippen LogP contribution in [-0.4, -0.2) is 13.4 Å². The summed E-state index contributed by atoms with van der Waals surface area (Å²) in [5.41, 5.74) is -0.360. The fourth-order valence-corrected chi connectivity index (χ4v) is 3.99. The minimum atomic E-state index is -4.57. The van der Waals surface area contributed by atoms with E-state index in [4.69, 9.17) is 4.42 Å². The van der Waals surface area contributed by atoms with Crippen molar-refractivity contribution in [2.24, 2.45) is 0 Å². The molecule has 1 aliphatic rings. The van der Waals surface area contributed by atoms with Crippen molar-refractivity contribution in [3.8, 4) is 11.3 Å². The van der Waals surface area contributed by atoms with Crippen molar-refractivity contribution < 1.29 is 26.0 Å². The molecule has 0 radical (unpaired) electrons. The first kappa shape index (κ1) is 19.5. The van der Waals surface area contributed by atoms with Gasteiger partial charge in [0, 0.05) is 17.2 Å². The van der Waals surface area contributed by atoms with Gasteiger partial charge in [0.2, 0.25) is 0 Å². The summed E-state index contributed by atoms with van der Waals surface area (Å²) >= 11 is 0. The average Bonchev–Trinajstić information content (AvgIpc) is 3.39. The highest BCUT2D eigenvalue weighted by atomic mass is 32.2. The van der Waals surface area contributed by atoms with Crippen molar-refractivity contribution in [2.45, 2.75) is 36.8 Å². The lowest BCUT2D eigenvalue weighted by Crippen LogP contribution is -2.14. The van der Waals surface area contributed by atoms with E-state index in [1.165, 1.54) is 31.2 Å². The van der Waals surface area contributed by atoms with Crippen LogP contribution in [-0.2, 0) is 16.2 Å². The number of rotatable bonds is 5. The second-order valence-electron chi connectivity index (χ2n) is 6.99. The van der Waals surface area contributed by atoms with Gasteiger partial charge in [-0.1, -0.05) is 6.07 Å². The zero-order valence-corrected chi connectivity index (χ0v) is 16.1. The molecular formula is C20H17F3N2O3S. The molecule has 0 unspecified atom stereocenters. The molecule has 1 heterocycles. The third kappa shape index (κ3) is 4.14. The van der Waals surface area contributed by atoms with E-state index in [0.29, 0.717) is 23.1 Å². The molecule has 0 bridgehead atoms. The van der Waals surface area contributed by atoms with Crippen LogP contribution in [0.1, 0.15) is 35.8 Å². The Balaban J connectivity index is 1.56. The Labute approximate surface area is 165 Å². The van der Waals surface area contributed by atoms with Crippen LogP contribution in [0.5, 0.6) is 0 Å². The molecule has 29 heavy (non-hydrogen) atoms. The number of hydrogen-bond acceptors (Lipinski definition) is 4. The zero-order chi connectivity index (χ0) is 20.8. The van der Waals surface area contributed by atoms with E-state index in [9.17, 15) is 21.6 Å². The van der Waals surface area contributed by atoms with Gasteiger partial charge < -0.3 is 4.42 Å². The predicted molar refractivity (Wildman–Crippen MR) is 101 cm³/mol. The summed E-state index contributed by atoms with van der Waals surface area (Å²) in [7, 11) is -4.05. The molecule has 0 spiro atoms. The lowest BCUT2D eigenvalue weighted by atomic mass is 10.1. The van der Waals surface area contributed by atoms with E-state index < -0.39 is 21.8 Å². The lowest BCUT2D eigenvalue weighted by molar-refractivity contribution is -0.138. The highest BCUT2D eigenvalue weighted by Gasteiger charge is 2.33. The largest absolute Gasteiger partial charge is 0.440 e. The van der Waals surface area contributed by atoms with Gasteiger partial charge in [0.25, 0.3) is 10.0 Å². The first-order chi connectivity index (χ1) is 13.6. The Kier molecular flexibility index (Phi) is 4.65. The highest BCUT2D eigenvalue weighted by Crippen LogP contribution is 2.40. The number of aromatic nitrogens is 1. The maximum Gasteiger partial charge on any atom is 0.416 e. The second-order valence-corrected chi connectivity index (χ2v) is 8.68. The molecule has 5 nitrogen and oxygen atoms in total. The summed E-state index contributed by atoms with van der Waals surface area (Å²) in [5.74, 6) is 1.58. The Morgan fingerprint density at radius 2 is 1.79 bits per heavy atom. The number of aryl methyl sites for hydroxylation is 1. The minimum absolute atomic E-state index is 0.0161. The van der Waals surface area contributed by atoms with Gasteiger partial charge >= 0.3 is 6.18 Å². The van der Waals surface area contributed by atoms with E-state index in [1.54, 1.807) is 18.3 Å². The molecule has 3 aromatic rings. The minimum Gasteiger partial charge on any atom is -0.440 e. The van der Waals surface area contributed by atoms with Crippen molar-refractivity contribution in [3.05, 3.63) is 65.7 Å². The van der Waals surface area contributed by atoms with Gasteiger partial charge in [-0.2, -0.15) is 13.2 Å². The molecule has 4 rings (SSSR count). The van der Waals surface area contributed by atoms with Crippen molar-refractivity contribution in [1.82, 2.24) is 4.98 Å². The number of nitrogens with one attached hydrogen (secondary N) is 1. The van der Waals surface area contributed by atoms with Gasteiger partial charge in [-0.3, -0.25) is 4.72 Å². The molecule has 1 N–H and O–H groups in total. The number of alkyl halides is 3. The molecule has 1 aromatic heterocycles. The highest BCUT2D eigenvalue weighted by molar-refractivity contribution is 7.92. The maximum absolute atomic E-state index is 13.1.